The topological polar surface area (TPSA) is 76.2 Å². The van der Waals surface area contributed by atoms with E-state index in [2.05, 4.69) is 29.3 Å². The van der Waals surface area contributed by atoms with Crippen molar-refractivity contribution in [2.75, 3.05) is 0 Å². The molecule has 0 radical (unpaired) electrons. The molecule has 2 aromatic rings. The zero-order valence-electron chi connectivity index (χ0n) is 11.9. The number of aromatic nitrogens is 2. The maximum atomic E-state index is 10.5. The van der Waals surface area contributed by atoms with Gasteiger partial charge in [0.15, 0.2) is 0 Å². The third-order valence-corrected chi connectivity index (χ3v) is 3.14. The number of nitrogens with zero attached hydrogens (tertiary/aromatic N) is 2. The van der Waals surface area contributed by atoms with Gasteiger partial charge in [-0.15, -0.1) is 10.2 Å². The molecule has 0 unspecified atom stereocenters. The van der Waals surface area contributed by atoms with Crippen molar-refractivity contribution >= 4 is 5.97 Å². The first kappa shape index (κ1) is 14.2. The lowest BCUT2D eigenvalue weighted by Crippen LogP contribution is -1.95. The number of hydrogen-bond donors (Lipinski definition) is 1. The average Bonchev–Trinajstić information content (AvgIpc) is 2.75. The summed E-state index contributed by atoms with van der Waals surface area (Å²) in [4.78, 5) is 10.5. The predicted molar refractivity (Wildman–Crippen MR) is 74.5 cm³/mol. The van der Waals surface area contributed by atoms with E-state index in [1.54, 1.807) is 0 Å². The van der Waals surface area contributed by atoms with Gasteiger partial charge in [-0.2, -0.15) is 0 Å². The van der Waals surface area contributed by atoms with Gasteiger partial charge >= 0.3 is 5.97 Å². The maximum absolute atomic E-state index is 10.5. The molecule has 0 atom stereocenters. The number of aryl methyl sites for hydroxylation is 4. The van der Waals surface area contributed by atoms with Crippen LogP contribution in [0.5, 0.6) is 0 Å². The molecule has 0 aliphatic heterocycles. The second-order valence-electron chi connectivity index (χ2n) is 5.02. The summed E-state index contributed by atoms with van der Waals surface area (Å²) in [7, 11) is 0. The Morgan fingerprint density at radius 2 is 1.85 bits per heavy atom. The number of hydrogen-bond acceptors (Lipinski definition) is 4. The zero-order valence-corrected chi connectivity index (χ0v) is 11.9. The van der Waals surface area contributed by atoms with Crippen LogP contribution >= 0.6 is 0 Å². The minimum Gasteiger partial charge on any atom is -0.481 e. The fourth-order valence-corrected chi connectivity index (χ4v) is 2.36. The Labute approximate surface area is 117 Å². The molecule has 1 aromatic carbocycles. The molecule has 1 aromatic heterocycles. The highest BCUT2D eigenvalue weighted by atomic mass is 16.4. The molecule has 0 amide bonds. The monoisotopic (exact) mass is 274 g/mol. The fraction of sp³-hybridized carbons (Fsp3) is 0.400. The van der Waals surface area contributed by atoms with Crippen molar-refractivity contribution in [3.8, 4) is 11.5 Å². The zero-order chi connectivity index (χ0) is 14.7. The highest BCUT2D eigenvalue weighted by Crippen LogP contribution is 2.27. The molecule has 5 nitrogen and oxygen atoms in total. The molecule has 106 valence electrons. The Hall–Kier alpha value is -2.17. The summed E-state index contributed by atoms with van der Waals surface area (Å²) >= 11 is 0. The second-order valence-corrected chi connectivity index (χ2v) is 5.02. The van der Waals surface area contributed by atoms with Crippen LogP contribution < -0.4 is 0 Å². The van der Waals surface area contributed by atoms with Gasteiger partial charge in [0, 0.05) is 18.4 Å². The van der Waals surface area contributed by atoms with Crippen LogP contribution in [0.3, 0.4) is 0 Å². The Morgan fingerprint density at radius 3 is 2.45 bits per heavy atom. The van der Waals surface area contributed by atoms with Crippen LogP contribution in [0.25, 0.3) is 11.5 Å². The molecular formula is C15H18N2O3. The molecule has 1 N–H and O–H groups in total. The van der Waals surface area contributed by atoms with E-state index in [0.29, 0.717) is 24.6 Å². The normalized spacial score (nSPS) is 10.8. The minimum atomic E-state index is -0.810. The lowest BCUT2D eigenvalue weighted by Gasteiger charge is -2.06. The van der Waals surface area contributed by atoms with Crippen molar-refractivity contribution in [2.24, 2.45) is 0 Å². The van der Waals surface area contributed by atoms with E-state index in [0.717, 1.165) is 16.7 Å². The lowest BCUT2D eigenvalue weighted by atomic mass is 10.00. The van der Waals surface area contributed by atoms with Crippen LogP contribution in [0.2, 0.25) is 0 Å². The van der Waals surface area contributed by atoms with E-state index >= 15 is 0 Å². The summed E-state index contributed by atoms with van der Waals surface area (Å²) in [6, 6.07) is 4.16. The van der Waals surface area contributed by atoms with Gasteiger partial charge in [0.1, 0.15) is 0 Å². The second kappa shape index (κ2) is 5.86. The van der Waals surface area contributed by atoms with Crippen molar-refractivity contribution < 1.29 is 14.3 Å². The summed E-state index contributed by atoms with van der Waals surface area (Å²) in [6.07, 6.45) is 1.10. The molecule has 0 saturated heterocycles. The summed E-state index contributed by atoms with van der Waals surface area (Å²) in [5.74, 6) is 0.181. The molecule has 20 heavy (non-hydrogen) atoms. The molecule has 0 saturated carbocycles. The van der Waals surface area contributed by atoms with Gasteiger partial charge in [-0.1, -0.05) is 17.7 Å². The SMILES string of the molecule is Cc1cc(C)c(-c2nnc(CCCC(=O)O)o2)c(C)c1. The molecule has 0 spiro atoms. The van der Waals surface area contributed by atoms with Crippen LogP contribution in [0.1, 0.15) is 35.4 Å². The van der Waals surface area contributed by atoms with Gasteiger partial charge < -0.3 is 9.52 Å². The van der Waals surface area contributed by atoms with E-state index in [4.69, 9.17) is 9.52 Å². The number of carbonyl (C=O) groups is 1. The van der Waals surface area contributed by atoms with E-state index < -0.39 is 5.97 Å². The molecule has 2 rings (SSSR count). The third kappa shape index (κ3) is 3.23. The smallest absolute Gasteiger partial charge is 0.303 e. The molecule has 1 heterocycles. The number of carboxylic acid groups (broad SMARTS) is 1. The van der Waals surface area contributed by atoms with Crippen LogP contribution in [0.4, 0.5) is 0 Å². The van der Waals surface area contributed by atoms with Gasteiger partial charge in [-0.05, 0) is 38.3 Å². The first-order valence-corrected chi connectivity index (χ1v) is 6.60. The Bertz CT molecular complexity index is 609. The summed E-state index contributed by atoms with van der Waals surface area (Å²) in [6.45, 7) is 6.09. The number of aliphatic carboxylic acids is 1. The molecular weight excluding hydrogens is 256 g/mol. The molecule has 0 bridgehead atoms. The van der Waals surface area contributed by atoms with Crippen LogP contribution in [-0.2, 0) is 11.2 Å². The van der Waals surface area contributed by atoms with Crippen LogP contribution in [-0.4, -0.2) is 21.3 Å². The van der Waals surface area contributed by atoms with Crippen molar-refractivity contribution in [3.05, 3.63) is 34.7 Å². The highest BCUT2D eigenvalue weighted by molar-refractivity contribution is 5.66. The van der Waals surface area contributed by atoms with Crippen molar-refractivity contribution in [2.45, 2.75) is 40.0 Å². The number of rotatable bonds is 5. The molecule has 0 aliphatic rings. The van der Waals surface area contributed by atoms with Crippen LogP contribution in [0, 0.1) is 20.8 Å². The summed E-state index contributed by atoms with van der Waals surface area (Å²) in [5.41, 5.74) is 4.36. The Morgan fingerprint density at radius 1 is 1.20 bits per heavy atom. The van der Waals surface area contributed by atoms with Gasteiger partial charge in [-0.3, -0.25) is 4.79 Å². The van der Waals surface area contributed by atoms with Gasteiger partial charge in [0.05, 0.1) is 0 Å². The average molecular weight is 274 g/mol. The largest absolute Gasteiger partial charge is 0.481 e. The first-order chi connectivity index (χ1) is 9.47. The minimum absolute atomic E-state index is 0.111. The van der Waals surface area contributed by atoms with Gasteiger partial charge in [0.2, 0.25) is 11.8 Å². The van der Waals surface area contributed by atoms with E-state index in [9.17, 15) is 4.79 Å². The third-order valence-electron chi connectivity index (χ3n) is 3.14. The van der Waals surface area contributed by atoms with E-state index in [-0.39, 0.29) is 6.42 Å². The first-order valence-electron chi connectivity index (χ1n) is 6.60. The van der Waals surface area contributed by atoms with Crippen molar-refractivity contribution in [1.82, 2.24) is 10.2 Å². The molecule has 0 aliphatic carbocycles. The summed E-state index contributed by atoms with van der Waals surface area (Å²) < 4.78 is 5.64. The lowest BCUT2D eigenvalue weighted by molar-refractivity contribution is -0.137. The summed E-state index contributed by atoms with van der Waals surface area (Å²) in [5, 5.41) is 16.7. The standard InChI is InChI=1S/C15H18N2O3/c1-9-7-10(2)14(11(3)8-9)15-17-16-12(20-15)5-4-6-13(18)19/h7-8H,4-6H2,1-3H3,(H,18,19). The Kier molecular flexibility index (Phi) is 4.17. The highest BCUT2D eigenvalue weighted by Gasteiger charge is 2.14. The quantitative estimate of drug-likeness (QED) is 0.906. The van der Waals surface area contributed by atoms with Crippen molar-refractivity contribution in [1.29, 1.82) is 0 Å². The van der Waals surface area contributed by atoms with Gasteiger partial charge in [0.25, 0.3) is 0 Å². The number of benzene rings is 1. The van der Waals surface area contributed by atoms with Crippen molar-refractivity contribution in [3.63, 3.8) is 0 Å². The molecule has 0 fully saturated rings. The van der Waals surface area contributed by atoms with Crippen LogP contribution in [0.15, 0.2) is 16.5 Å². The van der Waals surface area contributed by atoms with Gasteiger partial charge in [-0.25, -0.2) is 0 Å². The number of carboxylic acids is 1. The predicted octanol–water partition coefficient (Wildman–Crippen LogP) is 3.07. The molecule has 5 heteroatoms. The van der Waals surface area contributed by atoms with E-state index in [1.165, 1.54) is 5.56 Å². The Balaban J connectivity index is 2.19. The maximum Gasteiger partial charge on any atom is 0.303 e. The fourth-order valence-electron chi connectivity index (χ4n) is 2.36. The van der Waals surface area contributed by atoms with E-state index in [1.807, 2.05) is 13.8 Å².